The van der Waals surface area contributed by atoms with E-state index in [-0.39, 0.29) is 11.8 Å². The molecule has 2 rings (SSSR count). The lowest BCUT2D eigenvalue weighted by molar-refractivity contribution is 0.597. The molecule has 0 amide bonds. The summed E-state index contributed by atoms with van der Waals surface area (Å²) >= 11 is 0. The molecule has 1 aromatic rings. The molecule has 1 unspecified atom stereocenters. The lowest BCUT2D eigenvalue weighted by Gasteiger charge is -2.26. The van der Waals surface area contributed by atoms with Crippen molar-refractivity contribution in [3.05, 3.63) is 29.8 Å². The lowest BCUT2D eigenvalue weighted by atomic mass is 10.0. The fourth-order valence-corrected chi connectivity index (χ4v) is 3.87. The van der Waals surface area contributed by atoms with Crippen LogP contribution >= 0.6 is 0 Å². The first kappa shape index (κ1) is 15.3. The van der Waals surface area contributed by atoms with Crippen LogP contribution in [0.1, 0.15) is 25.3 Å². The van der Waals surface area contributed by atoms with Gasteiger partial charge in [0.15, 0.2) is 9.84 Å². The van der Waals surface area contributed by atoms with Crippen molar-refractivity contribution in [1.82, 2.24) is 0 Å². The second-order valence-electron chi connectivity index (χ2n) is 5.49. The number of anilines is 1. The van der Waals surface area contributed by atoms with Gasteiger partial charge in [-0.3, -0.25) is 0 Å². The van der Waals surface area contributed by atoms with E-state index in [4.69, 9.17) is 5.73 Å². The van der Waals surface area contributed by atoms with Crippen LogP contribution in [-0.2, 0) is 16.3 Å². The van der Waals surface area contributed by atoms with Crippen molar-refractivity contribution in [3.8, 4) is 0 Å². The number of rotatable bonds is 4. The fraction of sp³-hybridized carbons (Fsp3) is 0.600. The van der Waals surface area contributed by atoms with Crippen molar-refractivity contribution in [2.75, 3.05) is 29.5 Å². The molecule has 1 aliphatic rings. The molecule has 1 saturated heterocycles. The molecule has 1 aromatic carbocycles. The summed E-state index contributed by atoms with van der Waals surface area (Å²) in [5.74, 6) is 0.557. The summed E-state index contributed by atoms with van der Waals surface area (Å²) in [4.78, 5) is 2.20. The normalized spacial score (nSPS) is 20.4. The van der Waals surface area contributed by atoms with Gasteiger partial charge in [0.1, 0.15) is 0 Å². The SMILES string of the molecule is CCC(N)Cc1ccccc1N1CCCS(=O)(=O)CC1. The third kappa shape index (κ3) is 3.96. The van der Waals surface area contributed by atoms with Crippen molar-refractivity contribution in [1.29, 1.82) is 0 Å². The van der Waals surface area contributed by atoms with E-state index < -0.39 is 9.84 Å². The Labute approximate surface area is 121 Å². The minimum Gasteiger partial charge on any atom is -0.370 e. The molecule has 0 bridgehead atoms. The van der Waals surface area contributed by atoms with Crippen molar-refractivity contribution in [2.45, 2.75) is 32.2 Å². The molecule has 1 fully saturated rings. The predicted molar refractivity (Wildman–Crippen MR) is 83.9 cm³/mol. The highest BCUT2D eigenvalue weighted by molar-refractivity contribution is 7.91. The van der Waals surface area contributed by atoms with Gasteiger partial charge in [0.05, 0.1) is 11.5 Å². The highest BCUT2D eigenvalue weighted by atomic mass is 32.2. The number of hydrogen-bond acceptors (Lipinski definition) is 4. The second-order valence-corrected chi connectivity index (χ2v) is 7.80. The fourth-order valence-electron chi connectivity index (χ4n) is 2.60. The average molecular weight is 296 g/mol. The first-order valence-electron chi connectivity index (χ1n) is 7.30. The molecule has 112 valence electrons. The summed E-state index contributed by atoms with van der Waals surface area (Å²) < 4.78 is 23.4. The number of para-hydroxylation sites is 1. The monoisotopic (exact) mass is 296 g/mol. The molecule has 1 atom stereocenters. The van der Waals surface area contributed by atoms with E-state index in [2.05, 4.69) is 24.0 Å². The summed E-state index contributed by atoms with van der Waals surface area (Å²) in [6.07, 6.45) is 2.50. The Morgan fingerprint density at radius 1 is 1.25 bits per heavy atom. The van der Waals surface area contributed by atoms with Crippen LogP contribution in [0.5, 0.6) is 0 Å². The highest BCUT2D eigenvalue weighted by Gasteiger charge is 2.21. The molecule has 2 N–H and O–H groups in total. The highest BCUT2D eigenvalue weighted by Crippen LogP contribution is 2.23. The number of nitrogens with zero attached hydrogens (tertiary/aromatic N) is 1. The second kappa shape index (κ2) is 6.59. The molecule has 0 aromatic heterocycles. The molecule has 4 nitrogen and oxygen atoms in total. The van der Waals surface area contributed by atoms with Gasteiger partial charge in [-0.25, -0.2) is 8.42 Å². The maximum atomic E-state index is 11.7. The summed E-state index contributed by atoms with van der Waals surface area (Å²) in [5, 5.41) is 0. The minimum atomic E-state index is -2.87. The van der Waals surface area contributed by atoms with E-state index in [0.29, 0.717) is 18.7 Å². The number of benzene rings is 1. The summed E-state index contributed by atoms with van der Waals surface area (Å²) in [7, 11) is -2.87. The largest absolute Gasteiger partial charge is 0.370 e. The first-order valence-corrected chi connectivity index (χ1v) is 9.13. The maximum absolute atomic E-state index is 11.7. The van der Waals surface area contributed by atoms with Gasteiger partial charge in [-0.15, -0.1) is 0 Å². The summed E-state index contributed by atoms with van der Waals surface area (Å²) in [6.45, 7) is 3.48. The molecule has 0 spiro atoms. The minimum absolute atomic E-state index is 0.159. The molecule has 5 heteroatoms. The summed E-state index contributed by atoms with van der Waals surface area (Å²) in [6, 6.07) is 8.37. The zero-order chi connectivity index (χ0) is 14.6. The summed E-state index contributed by atoms with van der Waals surface area (Å²) in [5.41, 5.74) is 8.43. The van der Waals surface area contributed by atoms with Gasteiger partial charge in [-0.1, -0.05) is 25.1 Å². The van der Waals surface area contributed by atoms with E-state index in [1.54, 1.807) is 0 Å². The van der Waals surface area contributed by atoms with Crippen LogP contribution in [0.4, 0.5) is 5.69 Å². The van der Waals surface area contributed by atoms with E-state index in [0.717, 1.165) is 25.1 Å². The van der Waals surface area contributed by atoms with Gasteiger partial charge in [-0.05, 0) is 30.9 Å². The zero-order valence-electron chi connectivity index (χ0n) is 12.1. The predicted octanol–water partition coefficient (Wildman–Crippen LogP) is 1.59. The Morgan fingerprint density at radius 2 is 2.00 bits per heavy atom. The molecule has 20 heavy (non-hydrogen) atoms. The van der Waals surface area contributed by atoms with E-state index >= 15 is 0 Å². The van der Waals surface area contributed by atoms with Crippen molar-refractivity contribution in [2.24, 2.45) is 5.73 Å². The van der Waals surface area contributed by atoms with E-state index in [1.165, 1.54) is 5.56 Å². The van der Waals surface area contributed by atoms with Gasteiger partial charge in [-0.2, -0.15) is 0 Å². The Kier molecular flexibility index (Phi) is 5.05. The Balaban J connectivity index is 2.19. The van der Waals surface area contributed by atoms with Crippen LogP contribution in [0, 0.1) is 0 Å². The quantitative estimate of drug-likeness (QED) is 0.916. The van der Waals surface area contributed by atoms with E-state index in [1.807, 2.05) is 12.1 Å². The van der Waals surface area contributed by atoms with Crippen molar-refractivity contribution >= 4 is 15.5 Å². The Bertz CT molecular complexity index is 543. The third-order valence-corrected chi connectivity index (χ3v) is 5.61. The van der Waals surface area contributed by atoms with Gasteiger partial charge in [0.2, 0.25) is 0 Å². The van der Waals surface area contributed by atoms with Crippen LogP contribution in [-0.4, -0.2) is 39.1 Å². The number of nitrogens with two attached hydrogens (primary N) is 1. The molecular formula is C15H24N2O2S. The zero-order valence-corrected chi connectivity index (χ0v) is 12.9. The molecule has 1 heterocycles. The average Bonchev–Trinajstić information content (AvgIpc) is 2.60. The van der Waals surface area contributed by atoms with Gasteiger partial charge >= 0.3 is 0 Å². The van der Waals surface area contributed by atoms with Crippen LogP contribution in [0.25, 0.3) is 0 Å². The third-order valence-electron chi connectivity index (χ3n) is 3.89. The smallest absolute Gasteiger partial charge is 0.152 e. The van der Waals surface area contributed by atoms with Crippen LogP contribution < -0.4 is 10.6 Å². The standard InChI is InChI=1S/C15H24N2O2S/c1-2-14(16)12-13-6-3-4-7-15(13)17-8-5-10-20(18,19)11-9-17/h3-4,6-7,14H,2,5,8-12,16H2,1H3. The molecule has 0 saturated carbocycles. The van der Waals surface area contributed by atoms with Crippen LogP contribution in [0.15, 0.2) is 24.3 Å². The number of hydrogen-bond donors (Lipinski definition) is 1. The van der Waals surface area contributed by atoms with Crippen LogP contribution in [0.3, 0.4) is 0 Å². The molecule has 0 radical (unpaired) electrons. The maximum Gasteiger partial charge on any atom is 0.152 e. The van der Waals surface area contributed by atoms with Crippen LogP contribution in [0.2, 0.25) is 0 Å². The number of sulfone groups is 1. The van der Waals surface area contributed by atoms with Gasteiger partial charge in [0.25, 0.3) is 0 Å². The van der Waals surface area contributed by atoms with Crippen molar-refractivity contribution in [3.63, 3.8) is 0 Å². The first-order chi connectivity index (χ1) is 9.52. The van der Waals surface area contributed by atoms with Crippen molar-refractivity contribution < 1.29 is 8.42 Å². The van der Waals surface area contributed by atoms with Gasteiger partial charge in [0, 0.05) is 24.8 Å². The lowest BCUT2D eigenvalue weighted by Crippen LogP contribution is -2.29. The topological polar surface area (TPSA) is 63.4 Å². The Morgan fingerprint density at radius 3 is 2.75 bits per heavy atom. The molecule has 0 aliphatic carbocycles. The molecular weight excluding hydrogens is 272 g/mol. The Hall–Kier alpha value is -1.07. The van der Waals surface area contributed by atoms with E-state index in [9.17, 15) is 8.42 Å². The molecule has 1 aliphatic heterocycles. The van der Waals surface area contributed by atoms with Gasteiger partial charge < -0.3 is 10.6 Å².